The third kappa shape index (κ3) is 4.38. The predicted molar refractivity (Wildman–Crippen MR) is 80.2 cm³/mol. The van der Waals surface area contributed by atoms with Gasteiger partial charge in [0, 0.05) is 5.56 Å². The molecule has 0 heterocycles. The molecule has 6 heteroatoms. The lowest BCUT2D eigenvalue weighted by Gasteiger charge is -2.15. The molecule has 120 valence electrons. The van der Waals surface area contributed by atoms with E-state index in [2.05, 4.69) is 5.32 Å². The number of amides is 1. The number of carboxylic acid groups (broad SMARTS) is 1. The first-order valence-corrected chi connectivity index (χ1v) is 7.26. The van der Waals surface area contributed by atoms with Gasteiger partial charge in [0.1, 0.15) is 17.5 Å². The maximum atomic E-state index is 12.1. The Balaban J connectivity index is 2.02. The van der Waals surface area contributed by atoms with Gasteiger partial charge in [0.2, 0.25) is 5.91 Å². The Morgan fingerprint density at radius 3 is 2.59 bits per heavy atom. The minimum atomic E-state index is -0.988. The van der Waals surface area contributed by atoms with Gasteiger partial charge < -0.3 is 19.9 Å². The number of hydrogen-bond acceptors (Lipinski definition) is 4. The van der Waals surface area contributed by atoms with E-state index in [9.17, 15) is 14.7 Å². The van der Waals surface area contributed by atoms with Gasteiger partial charge in [-0.2, -0.15) is 0 Å². The zero-order chi connectivity index (χ0) is 16.1. The van der Waals surface area contributed by atoms with Crippen molar-refractivity contribution in [3.8, 4) is 11.5 Å². The summed E-state index contributed by atoms with van der Waals surface area (Å²) in [7, 11) is 3.07. The number of methoxy groups -OCH3 is 2. The first-order chi connectivity index (χ1) is 10.5. The molecule has 1 saturated carbocycles. The van der Waals surface area contributed by atoms with Gasteiger partial charge in [0.15, 0.2) is 0 Å². The molecule has 1 aliphatic rings. The second kappa shape index (κ2) is 7.15. The summed E-state index contributed by atoms with van der Waals surface area (Å²) < 4.78 is 10.4. The van der Waals surface area contributed by atoms with Crippen LogP contribution in [0, 0.1) is 5.92 Å². The molecule has 1 amide bonds. The van der Waals surface area contributed by atoms with Gasteiger partial charge in [-0.25, -0.2) is 4.79 Å². The number of nitrogens with one attached hydrogen (secondary N) is 1. The number of benzene rings is 1. The second-order valence-corrected chi connectivity index (χ2v) is 5.49. The van der Waals surface area contributed by atoms with E-state index >= 15 is 0 Å². The van der Waals surface area contributed by atoms with Gasteiger partial charge in [0.05, 0.1) is 20.6 Å². The normalized spacial score (nSPS) is 15.0. The summed E-state index contributed by atoms with van der Waals surface area (Å²) in [4.78, 5) is 23.3. The Labute approximate surface area is 129 Å². The minimum absolute atomic E-state index is 0.0504. The molecule has 0 saturated heterocycles. The molecule has 0 bridgehead atoms. The van der Waals surface area contributed by atoms with Crippen LogP contribution in [-0.2, 0) is 16.0 Å². The van der Waals surface area contributed by atoms with Crippen LogP contribution in [0.4, 0.5) is 0 Å². The average Bonchev–Trinajstić information content (AvgIpc) is 3.30. The van der Waals surface area contributed by atoms with Crippen LogP contribution in [0.25, 0.3) is 0 Å². The van der Waals surface area contributed by atoms with E-state index in [1.165, 1.54) is 7.11 Å². The van der Waals surface area contributed by atoms with Crippen LogP contribution in [0.1, 0.15) is 24.8 Å². The van der Waals surface area contributed by atoms with Gasteiger partial charge in [-0.1, -0.05) is 12.8 Å². The Kier molecular flexibility index (Phi) is 5.25. The highest BCUT2D eigenvalue weighted by atomic mass is 16.5. The van der Waals surface area contributed by atoms with Gasteiger partial charge in [-0.3, -0.25) is 4.79 Å². The first-order valence-electron chi connectivity index (χ1n) is 7.26. The number of hydrogen-bond donors (Lipinski definition) is 2. The number of carbonyl (C=O) groups excluding carboxylic acids is 1. The Morgan fingerprint density at radius 1 is 1.32 bits per heavy atom. The van der Waals surface area contributed by atoms with Crippen molar-refractivity contribution in [1.29, 1.82) is 0 Å². The number of carbonyl (C=O) groups is 2. The maximum absolute atomic E-state index is 12.1. The van der Waals surface area contributed by atoms with Crippen molar-refractivity contribution < 1.29 is 24.2 Å². The molecular formula is C16H21NO5. The summed E-state index contributed by atoms with van der Waals surface area (Å²) in [5.74, 6) is 0.298. The molecule has 1 aliphatic carbocycles. The molecule has 2 N–H and O–H groups in total. The topological polar surface area (TPSA) is 84.9 Å². The van der Waals surface area contributed by atoms with Crippen molar-refractivity contribution in [2.45, 2.75) is 31.7 Å². The van der Waals surface area contributed by atoms with Crippen LogP contribution in [-0.4, -0.2) is 37.2 Å². The van der Waals surface area contributed by atoms with E-state index in [4.69, 9.17) is 9.47 Å². The van der Waals surface area contributed by atoms with Crippen LogP contribution >= 0.6 is 0 Å². The van der Waals surface area contributed by atoms with E-state index in [0.29, 0.717) is 29.4 Å². The van der Waals surface area contributed by atoms with Crippen molar-refractivity contribution in [3.05, 3.63) is 23.8 Å². The zero-order valence-corrected chi connectivity index (χ0v) is 12.8. The first kappa shape index (κ1) is 16.1. The summed E-state index contributed by atoms with van der Waals surface area (Å²) in [6, 6.07) is 4.36. The number of carboxylic acids is 1. The molecule has 1 unspecified atom stereocenters. The average molecular weight is 307 g/mol. The molecule has 0 aliphatic heterocycles. The highest BCUT2D eigenvalue weighted by Crippen LogP contribution is 2.33. The fourth-order valence-electron chi connectivity index (χ4n) is 2.35. The van der Waals surface area contributed by atoms with Crippen molar-refractivity contribution in [2.24, 2.45) is 5.92 Å². The van der Waals surface area contributed by atoms with Crippen LogP contribution in [0.3, 0.4) is 0 Å². The van der Waals surface area contributed by atoms with Crippen LogP contribution in [0.15, 0.2) is 18.2 Å². The third-order valence-corrected chi connectivity index (χ3v) is 3.74. The predicted octanol–water partition coefficient (Wildman–Crippen LogP) is 1.62. The molecule has 1 aromatic rings. The summed E-state index contributed by atoms with van der Waals surface area (Å²) in [5.41, 5.74) is 0.662. The zero-order valence-electron chi connectivity index (χ0n) is 12.8. The van der Waals surface area contributed by atoms with Crippen LogP contribution < -0.4 is 14.8 Å². The van der Waals surface area contributed by atoms with Gasteiger partial charge >= 0.3 is 5.97 Å². The number of aliphatic carboxylic acids is 1. The van der Waals surface area contributed by atoms with E-state index in [-0.39, 0.29) is 12.3 Å². The lowest BCUT2D eigenvalue weighted by Crippen LogP contribution is -2.41. The molecule has 1 atom stereocenters. The lowest BCUT2D eigenvalue weighted by molar-refractivity contribution is -0.142. The molecule has 6 nitrogen and oxygen atoms in total. The Morgan fingerprint density at radius 2 is 2.05 bits per heavy atom. The fraction of sp³-hybridized carbons (Fsp3) is 0.500. The molecule has 0 radical (unpaired) electrons. The molecule has 1 aromatic carbocycles. The molecule has 22 heavy (non-hydrogen) atoms. The highest BCUT2D eigenvalue weighted by molar-refractivity contribution is 5.85. The van der Waals surface area contributed by atoms with Crippen molar-refractivity contribution >= 4 is 11.9 Å². The number of ether oxygens (including phenoxy) is 2. The molecular weight excluding hydrogens is 286 g/mol. The molecule has 0 aromatic heterocycles. The highest BCUT2D eigenvalue weighted by Gasteiger charge is 2.30. The van der Waals surface area contributed by atoms with Crippen molar-refractivity contribution in [3.63, 3.8) is 0 Å². The third-order valence-electron chi connectivity index (χ3n) is 3.74. The van der Waals surface area contributed by atoms with E-state index in [1.807, 2.05) is 0 Å². The van der Waals surface area contributed by atoms with Gasteiger partial charge in [0.25, 0.3) is 0 Å². The standard InChI is InChI=1S/C16H21NO5/c1-21-12-5-6-14(22-2)11(8-12)9-15(18)17-13(16(19)20)7-10-3-4-10/h5-6,8,10,13H,3-4,7,9H2,1-2H3,(H,17,18)(H,19,20). The number of rotatable bonds is 8. The smallest absolute Gasteiger partial charge is 0.326 e. The van der Waals surface area contributed by atoms with E-state index in [1.54, 1.807) is 25.3 Å². The second-order valence-electron chi connectivity index (χ2n) is 5.49. The molecule has 0 spiro atoms. The van der Waals surface area contributed by atoms with E-state index in [0.717, 1.165) is 12.8 Å². The fourth-order valence-corrected chi connectivity index (χ4v) is 2.35. The SMILES string of the molecule is COc1ccc(OC)c(CC(=O)NC(CC2CC2)C(=O)O)c1. The Hall–Kier alpha value is -2.24. The van der Waals surface area contributed by atoms with E-state index < -0.39 is 12.0 Å². The Bertz CT molecular complexity index is 553. The molecule has 2 rings (SSSR count). The minimum Gasteiger partial charge on any atom is -0.497 e. The largest absolute Gasteiger partial charge is 0.497 e. The molecule has 1 fully saturated rings. The van der Waals surface area contributed by atoms with Gasteiger partial charge in [-0.15, -0.1) is 0 Å². The quantitative estimate of drug-likeness (QED) is 0.762. The summed E-state index contributed by atoms with van der Waals surface area (Å²) in [6.45, 7) is 0. The lowest BCUT2D eigenvalue weighted by atomic mass is 10.1. The van der Waals surface area contributed by atoms with Crippen molar-refractivity contribution in [1.82, 2.24) is 5.32 Å². The summed E-state index contributed by atoms with van der Waals surface area (Å²) in [6.07, 6.45) is 2.64. The van der Waals surface area contributed by atoms with Crippen LogP contribution in [0.5, 0.6) is 11.5 Å². The van der Waals surface area contributed by atoms with Gasteiger partial charge in [-0.05, 0) is 30.5 Å². The van der Waals surface area contributed by atoms with Crippen molar-refractivity contribution in [2.75, 3.05) is 14.2 Å². The van der Waals surface area contributed by atoms with Crippen LogP contribution in [0.2, 0.25) is 0 Å². The maximum Gasteiger partial charge on any atom is 0.326 e. The summed E-state index contributed by atoms with van der Waals surface area (Å²) in [5, 5.41) is 11.8. The monoisotopic (exact) mass is 307 g/mol. The summed E-state index contributed by atoms with van der Waals surface area (Å²) >= 11 is 0.